The van der Waals surface area contributed by atoms with E-state index >= 15 is 0 Å². The summed E-state index contributed by atoms with van der Waals surface area (Å²) in [7, 11) is 1.70. The third-order valence-corrected chi connectivity index (χ3v) is 3.47. The van der Waals surface area contributed by atoms with Gasteiger partial charge >= 0.3 is 0 Å². The van der Waals surface area contributed by atoms with Gasteiger partial charge in [-0.15, -0.1) is 0 Å². The highest BCUT2D eigenvalue weighted by molar-refractivity contribution is 14.1. The standard InChI is InChI=1S/C10H10BrIN2O/c1-15-5-4-14-9-6-7(11)2-3-8(9)10(12)13-14/h2-3,6H,4-5H2,1H3. The number of fused-ring (bicyclic) bond motifs is 1. The molecule has 2 aromatic rings. The minimum atomic E-state index is 0.680. The fourth-order valence-electron chi connectivity index (χ4n) is 1.45. The van der Waals surface area contributed by atoms with Gasteiger partial charge in [-0.25, -0.2) is 0 Å². The van der Waals surface area contributed by atoms with Gasteiger partial charge in [0.1, 0.15) is 3.70 Å². The molecule has 0 unspecified atom stereocenters. The van der Waals surface area contributed by atoms with Gasteiger partial charge in [-0.1, -0.05) is 15.9 Å². The normalized spacial score (nSPS) is 11.1. The quantitative estimate of drug-likeness (QED) is 0.765. The number of aromatic nitrogens is 2. The second-order valence-electron chi connectivity index (χ2n) is 3.17. The van der Waals surface area contributed by atoms with Crippen LogP contribution in [0.4, 0.5) is 0 Å². The van der Waals surface area contributed by atoms with Gasteiger partial charge in [0.2, 0.25) is 0 Å². The number of rotatable bonds is 3. The number of hydrogen-bond donors (Lipinski definition) is 0. The van der Waals surface area contributed by atoms with Crippen molar-refractivity contribution in [2.24, 2.45) is 0 Å². The maximum atomic E-state index is 5.06. The molecule has 1 heterocycles. The number of ether oxygens (including phenoxy) is 1. The van der Waals surface area contributed by atoms with E-state index in [2.05, 4.69) is 55.8 Å². The summed E-state index contributed by atoms with van der Waals surface area (Å²) in [6.07, 6.45) is 0. The summed E-state index contributed by atoms with van der Waals surface area (Å²) in [6, 6.07) is 6.20. The monoisotopic (exact) mass is 380 g/mol. The molecule has 80 valence electrons. The Morgan fingerprint density at radius 2 is 2.33 bits per heavy atom. The van der Waals surface area contributed by atoms with Crippen LogP contribution >= 0.6 is 38.5 Å². The summed E-state index contributed by atoms with van der Waals surface area (Å²) in [4.78, 5) is 0. The van der Waals surface area contributed by atoms with Crippen molar-refractivity contribution in [3.05, 3.63) is 26.4 Å². The van der Waals surface area contributed by atoms with Crippen molar-refractivity contribution in [3.8, 4) is 0 Å². The highest BCUT2D eigenvalue weighted by Crippen LogP contribution is 2.23. The molecular weight excluding hydrogens is 371 g/mol. The smallest absolute Gasteiger partial charge is 0.131 e. The van der Waals surface area contributed by atoms with Crippen LogP contribution < -0.4 is 0 Å². The number of hydrogen-bond acceptors (Lipinski definition) is 2. The van der Waals surface area contributed by atoms with Gasteiger partial charge in [-0.3, -0.25) is 4.68 Å². The number of methoxy groups -OCH3 is 1. The molecule has 0 saturated carbocycles. The lowest BCUT2D eigenvalue weighted by Crippen LogP contribution is -2.05. The molecule has 0 saturated heterocycles. The van der Waals surface area contributed by atoms with Crippen LogP contribution in [0.15, 0.2) is 22.7 Å². The molecule has 0 fully saturated rings. The fourth-order valence-corrected chi connectivity index (χ4v) is 2.52. The van der Waals surface area contributed by atoms with E-state index in [4.69, 9.17) is 4.74 Å². The van der Waals surface area contributed by atoms with Crippen LogP contribution in [-0.4, -0.2) is 23.5 Å². The highest BCUT2D eigenvalue weighted by Gasteiger charge is 2.07. The summed E-state index contributed by atoms with van der Waals surface area (Å²) in [5.74, 6) is 0. The molecule has 0 atom stereocenters. The van der Waals surface area contributed by atoms with E-state index < -0.39 is 0 Å². The molecule has 15 heavy (non-hydrogen) atoms. The van der Waals surface area contributed by atoms with Crippen LogP contribution in [0, 0.1) is 3.70 Å². The predicted octanol–water partition coefficient (Wildman–Crippen LogP) is 3.05. The largest absolute Gasteiger partial charge is 0.383 e. The molecule has 0 aliphatic carbocycles. The molecule has 0 bridgehead atoms. The summed E-state index contributed by atoms with van der Waals surface area (Å²) in [5.41, 5.74) is 1.14. The molecule has 0 aliphatic heterocycles. The van der Waals surface area contributed by atoms with Crippen LogP contribution in [0.1, 0.15) is 0 Å². The first-order valence-corrected chi connectivity index (χ1v) is 6.40. The molecule has 5 heteroatoms. The van der Waals surface area contributed by atoms with Crippen molar-refractivity contribution >= 4 is 49.4 Å². The van der Waals surface area contributed by atoms with Crippen molar-refractivity contribution in [1.29, 1.82) is 0 Å². The van der Waals surface area contributed by atoms with Gasteiger partial charge in [0.05, 0.1) is 18.7 Å². The second-order valence-corrected chi connectivity index (χ2v) is 5.11. The lowest BCUT2D eigenvalue weighted by molar-refractivity contribution is 0.184. The summed E-state index contributed by atoms with van der Waals surface area (Å²) in [6.45, 7) is 1.46. The van der Waals surface area contributed by atoms with Crippen LogP contribution in [0.2, 0.25) is 0 Å². The van der Waals surface area contributed by atoms with Crippen molar-refractivity contribution in [2.75, 3.05) is 13.7 Å². The molecule has 2 rings (SSSR count). The average molecular weight is 381 g/mol. The fraction of sp³-hybridized carbons (Fsp3) is 0.300. The van der Waals surface area contributed by atoms with Gasteiger partial charge in [0.25, 0.3) is 0 Å². The molecule has 0 N–H and O–H groups in total. The first-order valence-electron chi connectivity index (χ1n) is 4.53. The Balaban J connectivity index is 2.49. The molecule has 0 spiro atoms. The summed E-state index contributed by atoms with van der Waals surface area (Å²) < 4.78 is 9.14. The summed E-state index contributed by atoms with van der Waals surface area (Å²) in [5, 5.41) is 5.66. The SMILES string of the molecule is COCCn1nc(I)c2ccc(Br)cc21. The van der Waals surface area contributed by atoms with E-state index in [9.17, 15) is 0 Å². The van der Waals surface area contributed by atoms with Crippen molar-refractivity contribution < 1.29 is 4.74 Å². The lowest BCUT2D eigenvalue weighted by atomic mass is 10.2. The number of benzene rings is 1. The van der Waals surface area contributed by atoms with Crippen LogP contribution in [-0.2, 0) is 11.3 Å². The average Bonchev–Trinajstić information content (AvgIpc) is 2.52. The molecule has 0 amide bonds. The Morgan fingerprint density at radius 3 is 3.07 bits per heavy atom. The topological polar surface area (TPSA) is 27.1 Å². The third kappa shape index (κ3) is 2.34. The zero-order valence-electron chi connectivity index (χ0n) is 8.20. The molecule has 0 radical (unpaired) electrons. The van der Waals surface area contributed by atoms with Crippen molar-refractivity contribution in [2.45, 2.75) is 6.54 Å². The van der Waals surface area contributed by atoms with E-state index in [0.29, 0.717) is 6.61 Å². The minimum absolute atomic E-state index is 0.680. The van der Waals surface area contributed by atoms with Crippen LogP contribution in [0.5, 0.6) is 0 Å². The van der Waals surface area contributed by atoms with E-state index in [1.807, 2.05) is 10.7 Å². The zero-order valence-corrected chi connectivity index (χ0v) is 11.9. The van der Waals surface area contributed by atoms with Gasteiger partial charge in [0, 0.05) is 17.0 Å². The van der Waals surface area contributed by atoms with E-state index in [1.54, 1.807) is 7.11 Å². The molecule has 1 aromatic heterocycles. The second kappa shape index (κ2) is 4.80. The maximum Gasteiger partial charge on any atom is 0.131 e. The van der Waals surface area contributed by atoms with E-state index in [-0.39, 0.29) is 0 Å². The molecular formula is C10H10BrIN2O. The van der Waals surface area contributed by atoms with E-state index in [0.717, 1.165) is 20.2 Å². The van der Waals surface area contributed by atoms with Crippen LogP contribution in [0.3, 0.4) is 0 Å². The Kier molecular flexibility index (Phi) is 3.63. The minimum Gasteiger partial charge on any atom is -0.383 e. The third-order valence-electron chi connectivity index (χ3n) is 2.18. The first kappa shape index (κ1) is 11.3. The zero-order chi connectivity index (χ0) is 10.8. The van der Waals surface area contributed by atoms with Gasteiger partial charge < -0.3 is 4.74 Å². The molecule has 0 aliphatic rings. The van der Waals surface area contributed by atoms with Gasteiger partial charge in [-0.2, -0.15) is 5.10 Å². The predicted molar refractivity (Wildman–Crippen MR) is 72.0 cm³/mol. The van der Waals surface area contributed by atoms with Crippen molar-refractivity contribution in [3.63, 3.8) is 0 Å². The molecule has 1 aromatic carbocycles. The number of nitrogens with zero attached hydrogens (tertiary/aromatic N) is 2. The Morgan fingerprint density at radius 1 is 1.53 bits per heavy atom. The maximum absolute atomic E-state index is 5.06. The Hall–Kier alpha value is -0.140. The highest BCUT2D eigenvalue weighted by atomic mass is 127. The van der Waals surface area contributed by atoms with Gasteiger partial charge in [0.15, 0.2) is 0 Å². The summed E-state index contributed by atoms with van der Waals surface area (Å²) >= 11 is 5.72. The van der Waals surface area contributed by atoms with Crippen LogP contribution in [0.25, 0.3) is 10.9 Å². The Labute approximate surface area is 110 Å². The Bertz CT molecular complexity index is 483. The molecule has 3 nitrogen and oxygen atoms in total. The van der Waals surface area contributed by atoms with E-state index in [1.165, 1.54) is 5.39 Å². The van der Waals surface area contributed by atoms with Gasteiger partial charge in [-0.05, 0) is 40.8 Å². The lowest BCUT2D eigenvalue weighted by Gasteiger charge is -2.02. The first-order chi connectivity index (χ1) is 7.22. The van der Waals surface area contributed by atoms with Crippen molar-refractivity contribution in [1.82, 2.24) is 9.78 Å². The number of halogens is 2.